The Morgan fingerprint density at radius 2 is 1.85 bits per heavy atom. The Morgan fingerprint density at radius 1 is 1.19 bits per heavy atom. The maximum absolute atomic E-state index is 12.8. The van der Waals surface area contributed by atoms with Crippen LogP contribution in [-0.2, 0) is 18.4 Å². The van der Waals surface area contributed by atoms with Crippen molar-refractivity contribution in [3.8, 4) is 11.5 Å². The van der Waals surface area contributed by atoms with Crippen molar-refractivity contribution in [3.05, 3.63) is 23.2 Å². The van der Waals surface area contributed by atoms with Crippen LogP contribution in [0.15, 0.2) is 18.2 Å². The van der Waals surface area contributed by atoms with Crippen LogP contribution >= 0.6 is 19.2 Å². The van der Waals surface area contributed by atoms with Crippen molar-refractivity contribution in [3.63, 3.8) is 0 Å². The summed E-state index contributed by atoms with van der Waals surface area (Å²) in [6, 6.07) is 5.20. The molecule has 0 aromatic heterocycles. The number of carbonyl (C=O) groups excluding carboxylic acids is 1. The molecule has 26 heavy (non-hydrogen) atoms. The quantitative estimate of drug-likeness (QED) is 0.334. The molecule has 0 aliphatic heterocycles. The number of rotatable bonds is 13. The van der Waals surface area contributed by atoms with Gasteiger partial charge in [0.1, 0.15) is 22.9 Å². The fourth-order valence-electron chi connectivity index (χ4n) is 2.51. The van der Waals surface area contributed by atoms with E-state index in [9.17, 15) is 9.36 Å². The number of Topliss-reactive ketones (excluding diaryl/α,β-unsaturated/α-hetero) is 1. The largest absolute Gasteiger partial charge is 0.497 e. The Kier molecular flexibility index (Phi) is 10.3. The molecule has 1 aromatic rings. The van der Waals surface area contributed by atoms with Crippen molar-refractivity contribution in [2.75, 3.05) is 26.9 Å². The second kappa shape index (κ2) is 11.6. The molecule has 0 aliphatic carbocycles. The fraction of sp³-hybridized carbons (Fsp3) is 0.611. The van der Waals surface area contributed by atoms with E-state index in [0.29, 0.717) is 42.4 Å². The van der Waals surface area contributed by atoms with Gasteiger partial charge in [0.2, 0.25) is 0 Å². The van der Waals surface area contributed by atoms with E-state index in [0.717, 1.165) is 0 Å². The monoisotopic (exact) mass is 406 g/mol. The molecule has 0 saturated heterocycles. The molecule has 6 nitrogen and oxygen atoms in total. The van der Waals surface area contributed by atoms with Crippen LogP contribution in [0.4, 0.5) is 0 Å². The molecule has 0 saturated carbocycles. The standard InChI is InChI=1S/C18H28ClO6P/c1-5-24-26(21,25-6-2)18(14(3)20)9-7-8-12-23-17-11-10-15(22-4)13-16(17)19/h10-11,13,18H,5-9,12H2,1-4H3. The third kappa shape index (κ3) is 6.92. The molecule has 0 amide bonds. The first kappa shape index (κ1) is 23.0. The predicted octanol–water partition coefficient (Wildman–Crippen LogP) is 5.12. The molecule has 8 heteroatoms. The first-order valence-electron chi connectivity index (χ1n) is 8.73. The summed E-state index contributed by atoms with van der Waals surface area (Å²) in [5.74, 6) is 1.05. The normalized spacial score (nSPS) is 12.7. The molecular weight excluding hydrogens is 379 g/mol. The lowest BCUT2D eigenvalue weighted by molar-refractivity contribution is -0.117. The van der Waals surface area contributed by atoms with Gasteiger partial charge in [0.25, 0.3) is 0 Å². The summed E-state index contributed by atoms with van der Waals surface area (Å²) in [5.41, 5.74) is -0.744. The van der Waals surface area contributed by atoms with Crippen molar-refractivity contribution in [2.45, 2.75) is 45.7 Å². The summed E-state index contributed by atoms with van der Waals surface area (Å²) in [5, 5.41) is 0.475. The van der Waals surface area contributed by atoms with E-state index in [4.69, 9.17) is 30.1 Å². The van der Waals surface area contributed by atoms with Gasteiger partial charge in [-0.25, -0.2) is 0 Å². The number of unbranched alkanes of at least 4 members (excludes halogenated alkanes) is 1. The van der Waals surface area contributed by atoms with Crippen molar-refractivity contribution in [1.82, 2.24) is 0 Å². The van der Waals surface area contributed by atoms with Crippen LogP contribution in [0.25, 0.3) is 0 Å². The molecule has 0 radical (unpaired) electrons. The molecule has 1 rings (SSSR count). The molecule has 0 aliphatic rings. The molecule has 0 N–H and O–H groups in total. The van der Waals surface area contributed by atoms with E-state index < -0.39 is 13.3 Å². The highest BCUT2D eigenvalue weighted by molar-refractivity contribution is 7.55. The Balaban J connectivity index is 2.53. The summed E-state index contributed by atoms with van der Waals surface area (Å²) in [6.45, 7) is 5.79. The van der Waals surface area contributed by atoms with Crippen molar-refractivity contribution in [1.29, 1.82) is 0 Å². The van der Waals surface area contributed by atoms with Crippen LogP contribution in [-0.4, -0.2) is 38.4 Å². The smallest absolute Gasteiger partial charge is 0.341 e. The Bertz CT molecular complexity index is 612. The number of benzene rings is 1. The average Bonchev–Trinajstić information content (AvgIpc) is 2.58. The zero-order chi connectivity index (χ0) is 19.6. The number of halogens is 1. The van der Waals surface area contributed by atoms with Crippen LogP contribution < -0.4 is 9.47 Å². The second-order valence-electron chi connectivity index (χ2n) is 5.64. The maximum Gasteiger partial charge on any atom is 0.341 e. The highest BCUT2D eigenvalue weighted by atomic mass is 35.5. The van der Waals surface area contributed by atoms with Gasteiger partial charge in [0.15, 0.2) is 0 Å². The second-order valence-corrected chi connectivity index (χ2v) is 8.27. The van der Waals surface area contributed by atoms with Gasteiger partial charge in [-0.1, -0.05) is 11.6 Å². The van der Waals surface area contributed by atoms with E-state index in [2.05, 4.69) is 0 Å². The predicted molar refractivity (Wildman–Crippen MR) is 103 cm³/mol. The lowest BCUT2D eigenvalue weighted by atomic mass is 10.1. The summed E-state index contributed by atoms with van der Waals surface area (Å²) in [4.78, 5) is 11.9. The summed E-state index contributed by atoms with van der Waals surface area (Å²) >= 11 is 6.12. The van der Waals surface area contributed by atoms with E-state index in [1.165, 1.54) is 6.92 Å². The molecule has 1 aromatic carbocycles. The van der Waals surface area contributed by atoms with Gasteiger partial charge in [-0.2, -0.15) is 0 Å². The van der Waals surface area contributed by atoms with Crippen molar-refractivity contribution in [2.24, 2.45) is 0 Å². The fourth-order valence-corrected chi connectivity index (χ4v) is 4.83. The number of ketones is 1. The first-order valence-corrected chi connectivity index (χ1v) is 10.7. The maximum atomic E-state index is 12.8. The number of methoxy groups -OCH3 is 1. The Hall–Kier alpha value is -1.07. The van der Waals surface area contributed by atoms with Crippen LogP contribution in [0, 0.1) is 0 Å². The topological polar surface area (TPSA) is 71.1 Å². The zero-order valence-corrected chi connectivity index (χ0v) is 17.5. The van der Waals surface area contributed by atoms with E-state index in [1.54, 1.807) is 39.2 Å². The first-order chi connectivity index (χ1) is 12.4. The molecule has 1 unspecified atom stereocenters. The van der Waals surface area contributed by atoms with Crippen LogP contribution in [0.1, 0.15) is 40.0 Å². The minimum atomic E-state index is -3.43. The molecule has 0 heterocycles. The van der Waals surface area contributed by atoms with Gasteiger partial charge in [0, 0.05) is 6.07 Å². The van der Waals surface area contributed by atoms with Crippen molar-refractivity contribution >= 4 is 25.0 Å². The third-order valence-corrected chi connectivity index (χ3v) is 6.65. The minimum absolute atomic E-state index is 0.186. The van der Waals surface area contributed by atoms with Crippen LogP contribution in [0.5, 0.6) is 11.5 Å². The van der Waals surface area contributed by atoms with Gasteiger partial charge in [-0.05, 0) is 52.2 Å². The van der Waals surface area contributed by atoms with Gasteiger partial charge >= 0.3 is 7.60 Å². The van der Waals surface area contributed by atoms with Crippen LogP contribution in [0.3, 0.4) is 0 Å². The highest BCUT2D eigenvalue weighted by Gasteiger charge is 2.38. The minimum Gasteiger partial charge on any atom is -0.497 e. The van der Waals surface area contributed by atoms with E-state index in [-0.39, 0.29) is 19.0 Å². The molecule has 0 bridgehead atoms. The zero-order valence-electron chi connectivity index (χ0n) is 15.8. The van der Waals surface area contributed by atoms with Gasteiger partial charge < -0.3 is 18.5 Å². The van der Waals surface area contributed by atoms with E-state index in [1.807, 2.05) is 0 Å². The van der Waals surface area contributed by atoms with Gasteiger partial charge in [-0.3, -0.25) is 9.36 Å². The van der Waals surface area contributed by atoms with Gasteiger partial charge in [-0.15, -0.1) is 0 Å². The molecule has 148 valence electrons. The Labute approximate surface area is 160 Å². The summed E-state index contributed by atoms with van der Waals surface area (Å²) in [7, 11) is -1.86. The highest BCUT2D eigenvalue weighted by Crippen LogP contribution is 2.54. The lowest BCUT2D eigenvalue weighted by Crippen LogP contribution is -2.21. The van der Waals surface area contributed by atoms with Crippen molar-refractivity contribution < 1.29 is 27.9 Å². The number of carbonyl (C=O) groups is 1. The van der Waals surface area contributed by atoms with E-state index >= 15 is 0 Å². The Morgan fingerprint density at radius 3 is 2.35 bits per heavy atom. The number of ether oxygens (including phenoxy) is 2. The molecule has 0 fully saturated rings. The summed E-state index contributed by atoms with van der Waals surface area (Å²) in [6.07, 6.45) is 1.76. The SMILES string of the molecule is CCOP(=O)(OCC)C(CCCCOc1ccc(OC)cc1Cl)C(C)=O. The van der Waals surface area contributed by atoms with Crippen LogP contribution in [0.2, 0.25) is 5.02 Å². The summed E-state index contributed by atoms with van der Waals surface area (Å²) < 4.78 is 34.2. The number of hydrogen-bond donors (Lipinski definition) is 0. The molecule has 1 atom stereocenters. The third-order valence-electron chi connectivity index (χ3n) is 3.74. The average molecular weight is 407 g/mol. The number of hydrogen-bond acceptors (Lipinski definition) is 6. The molecular formula is C18H28ClO6P. The molecule has 0 spiro atoms. The lowest BCUT2D eigenvalue weighted by Gasteiger charge is -2.24. The van der Waals surface area contributed by atoms with Gasteiger partial charge in [0.05, 0.1) is 32.0 Å².